The minimum absolute atomic E-state index is 0.176. The monoisotopic (exact) mass is 415 g/mol. The van der Waals surface area contributed by atoms with Crippen LogP contribution < -0.4 is 15.5 Å². The first-order chi connectivity index (χ1) is 12.6. The van der Waals surface area contributed by atoms with Crippen LogP contribution in [0.2, 0.25) is 0 Å². The predicted molar refractivity (Wildman–Crippen MR) is 105 cm³/mol. The first-order valence-corrected chi connectivity index (χ1v) is 8.54. The van der Waals surface area contributed by atoms with Gasteiger partial charge in [-0.25, -0.2) is 5.43 Å². The lowest BCUT2D eigenvalue weighted by molar-refractivity contribution is -0.123. The first-order valence-electron chi connectivity index (χ1n) is 7.75. The summed E-state index contributed by atoms with van der Waals surface area (Å²) < 4.78 is 6.12. The van der Waals surface area contributed by atoms with Gasteiger partial charge >= 0.3 is 0 Å². The molecule has 6 nitrogen and oxygen atoms in total. The zero-order valence-corrected chi connectivity index (χ0v) is 15.7. The molecule has 0 aliphatic carbocycles. The number of carbonyl (C=O) groups is 2. The summed E-state index contributed by atoms with van der Waals surface area (Å²) in [5.74, 6) is -0.145. The molecule has 2 amide bonds. The maximum Gasteiger partial charge on any atom is 0.259 e. The van der Waals surface area contributed by atoms with Crippen molar-refractivity contribution in [1.29, 1.82) is 0 Å². The molecular formula is C19H18BrN3O3. The Labute approximate surface area is 160 Å². The number of nitrogens with one attached hydrogen (secondary N) is 2. The number of rotatable bonds is 7. The van der Waals surface area contributed by atoms with Crippen LogP contribution in [-0.4, -0.2) is 31.7 Å². The molecule has 0 aromatic heterocycles. The summed E-state index contributed by atoms with van der Waals surface area (Å²) >= 11 is 3.35. The summed E-state index contributed by atoms with van der Waals surface area (Å²) in [5, 5.41) is 6.33. The Balaban J connectivity index is 1.78. The third-order valence-electron chi connectivity index (χ3n) is 3.23. The van der Waals surface area contributed by atoms with Crippen LogP contribution in [0.4, 0.5) is 0 Å². The Morgan fingerprint density at radius 1 is 1.19 bits per heavy atom. The van der Waals surface area contributed by atoms with Crippen molar-refractivity contribution in [3.05, 3.63) is 70.2 Å². The average Bonchev–Trinajstić information content (AvgIpc) is 2.65. The highest BCUT2D eigenvalue weighted by Gasteiger charge is 2.03. The number of ether oxygens (including phenoxy) is 1. The number of carbonyl (C=O) groups excluding carboxylic acids is 2. The lowest BCUT2D eigenvalue weighted by Crippen LogP contribution is -2.34. The molecule has 2 aromatic carbocycles. The van der Waals surface area contributed by atoms with Crippen molar-refractivity contribution in [2.45, 2.75) is 0 Å². The molecule has 0 aliphatic rings. The van der Waals surface area contributed by atoms with Crippen LogP contribution in [0.3, 0.4) is 0 Å². The van der Waals surface area contributed by atoms with Gasteiger partial charge in [-0.05, 0) is 29.8 Å². The summed E-state index contributed by atoms with van der Waals surface area (Å²) in [6.07, 6.45) is 4.49. The number of amides is 2. The van der Waals surface area contributed by atoms with E-state index in [2.05, 4.69) is 31.8 Å². The minimum atomic E-state index is -0.421. The maximum atomic E-state index is 11.8. The molecule has 0 heterocycles. The number of methoxy groups -OCH3 is 1. The standard InChI is InChI=1S/C19H18BrN3O3/c1-26-17-8-3-2-6-15(17)9-10-18(24)21-13-19(25)23-22-12-14-5-4-7-16(20)11-14/h2-12H,13H2,1H3,(H,21,24)(H,23,25)/b10-9+,22-12+. The molecule has 0 saturated heterocycles. The van der Waals surface area contributed by atoms with Gasteiger partial charge in [0.25, 0.3) is 5.91 Å². The zero-order valence-electron chi connectivity index (χ0n) is 14.1. The molecule has 0 saturated carbocycles. The molecule has 2 N–H and O–H groups in total. The number of para-hydroxylation sites is 1. The van der Waals surface area contributed by atoms with Gasteiger partial charge in [-0.2, -0.15) is 5.10 Å². The van der Waals surface area contributed by atoms with E-state index in [1.54, 1.807) is 19.3 Å². The smallest absolute Gasteiger partial charge is 0.259 e. The van der Waals surface area contributed by atoms with Gasteiger partial charge in [-0.1, -0.05) is 46.3 Å². The van der Waals surface area contributed by atoms with Crippen molar-refractivity contribution < 1.29 is 14.3 Å². The van der Waals surface area contributed by atoms with Crippen LogP contribution >= 0.6 is 15.9 Å². The molecule has 0 spiro atoms. The highest BCUT2D eigenvalue weighted by atomic mass is 79.9. The van der Waals surface area contributed by atoms with Crippen LogP contribution in [0.25, 0.3) is 6.08 Å². The van der Waals surface area contributed by atoms with Crippen molar-refractivity contribution >= 4 is 40.0 Å². The Bertz CT molecular complexity index is 834. The molecule has 0 fully saturated rings. The molecule has 7 heteroatoms. The van der Waals surface area contributed by atoms with Crippen LogP contribution in [0.15, 0.2) is 64.2 Å². The average molecular weight is 416 g/mol. The van der Waals surface area contributed by atoms with Crippen molar-refractivity contribution in [2.24, 2.45) is 5.10 Å². The maximum absolute atomic E-state index is 11.8. The van der Waals surface area contributed by atoms with Gasteiger partial charge in [0, 0.05) is 16.1 Å². The van der Waals surface area contributed by atoms with Crippen LogP contribution in [0.1, 0.15) is 11.1 Å². The van der Waals surface area contributed by atoms with Crippen LogP contribution in [-0.2, 0) is 9.59 Å². The molecule has 2 rings (SSSR count). The molecule has 0 radical (unpaired) electrons. The number of hydrogen-bond acceptors (Lipinski definition) is 4. The largest absolute Gasteiger partial charge is 0.496 e. The van der Waals surface area contributed by atoms with Gasteiger partial charge in [-0.3, -0.25) is 9.59 Å². The molecule has 26 heavy (non-hydrogen) atoms. The molecular weight excluding hydrogens is 398 g/mol. The molecule has 0 unspecified atom stereocenters. The minimum Gasteiger partial charge on any atom is -0.496 e. The van der Waals surface area contributed by atoms with Crippen molar-refractivity contribution in [3.8, 4) is 5.75 Å². The lowest BCUT2D eigenvalue weighted by atomic mass is 10.2. The Morgan fingerprint density at radius 2 is 2.00 bits per heavy atom. The number of hydrazone groups is 1. The quantitative estimate of drug-likeness (QED) is 0.414. The zero-order chi connectivity index (χ0) is 18.8. The lowest BCUT2D eigenvalue weighted by Gasteiger charge is -2.04. The Morgan fingerprint density at radius 3 is 2.77 bits per heavy atom. The van der Waals surface area contributed by atoms with E-state index in [-0.39, 0.29) is 12.5 Å². The molecule has 2 aromatic rings. The number of nitrogens with zero attached hydrogens (tertiary/aromatic N) is 1. The van der Waals surface area contributed by atoms with Gasteiger partial charge in [0.2, 0.25) is 5.91 Å². The van der Waals surface area contributed by atoms with Crippen molar-refractivity contribution in [1.82, 2.24) is 10.7 Å². The predicted octanol–water partition coefficient (Wildman–Crippen LogP) is 2.74. The highest BCUT2D eigenvalue weighted by molar-refractivity contribution is 9.10. The Hall–Kier alpha value is -2.93. The van der Waals surface area contributed by atoms with E-state index in [0.717, 1.165) is 15.6 Å². The number of benzene rings is 2. The van der Waals surface area contributed by atoms with Crippen LogP contribution in [0.5, 0.6) is 5.75 Å². The summed E-state index contributed by atoms with van der Waals surface area (Å²) in [6, 6.07) is 14.8. The van der Waals surface area contributed by atoms with E-state index >= 15 is 0 Å². The Kier molecular flexibility index (Phi) is 7.57. The van der Waals surface area contributed by atoms with Gasteiger partial charge < -0.3 is 10.1 Å². The van der Waals surface area contributed by atoms with E-state index in [4.69, 9.17) is 4.74 Å². The number of hydrogen-bond donors (Lipinski definition) is 2. The summed E-state index contributed by atoms with van der Waals surface area (Å²) in [5.41, 5.74) is 3.96. The van der Waals surface area contributed by atoms with Gasteiger partial charge in [0.15, 0.2) is 0 Å². The third kappa shape index (κ3) is 6.52. The normalized spacial score (nSPS) is 10.8. The second-order valence-corrected chi connectivity index (χ2v) is 6.06. The fourth-order valence-corrected chi connectivity index (χ4v) is 2.42. The van der Waals surface area contributed by atoms with Gasteiger partial charge in [0.05, 0.1) is 19.9 Å². The van der Waals surface area contributed by atoms with E-state index < -0.39 is 5.91 Å². The second kappa shape index (κ2) is 10.1. The third-order valence-corrected chi connectivity index (χ3v) is 3.72. The molecule has 0 aliphatic heterocycles. The van der Waals surface area contributed by atoms with Gasteiger partial charge in [0.1, 0.15) is 5.75 Å². The van der Waals surface area contributed by atoms with Crippen LogP contribution in [0, 0.1) is 0 Å². The second-order valence-electron chi connectivity index (χ2n) is 5.14. The SMILES string of the molecule is COc1ccccc1/C=C/C(=O)NCC(=O)N/N=C/c1cccc(Br)c1. The van der Waals surface area contributed by atoms with E-state index in [0.29, 0.717) is 5.75 Å². The van der Waals surface area contributed by atoms with Crippen molar-refractivity contribution in [3.63, 3.8) is 0 Å². The van der Waals surface area contributed by atoms with Crippen molar-refractivity contribution in [2.75, 3.05) is 13.7 Å². The van der Waals surface area contributed by atoms with E-state index in [1.165, 1.54) is 12.3 Å². The molecule has 134 valence electrons. The summed E-state index contributed by atoms with van der Waals surface area (Å²) in [7, 11) is 1.56. The van der Waals surface area contributed by atoms with Gasteiger partial charge in [-0.15, -0.1) is 0 Å². The summed E-state index contributed by atoms with van der Waals surface area (Å²) in [6.45, 7) is -0.176. The molecule has 0 atom stereocenters. The summed E-state index contributed by atoms with van der Waals surface area (Å²) in [4.78, 5) is 23.5. The fourth-order valence-electron chi connectivity index (χ4n) is 2.00. The van der Waals surface area contributed by atoms with E-state index in [9.17, 15) is 9.59 Å². The van der Waals surface area contributed by atoms with E-state index in [1.807, 2.05) is 42.5 Å². The molecule has 0 bridgehead atoms. The first kappa shape index (κ1) is 19.4. The number of halogens is 1. The highest BCUT2D eigenvalue weighted by Crippen LogP contribution is 2.18. The topological polar surface area (TPSA) is 79.8 Å². The fraction of sp³-hybridized carbons (Fsp3) is 0.105.